The third kappa shape index (κ3) is 4.21. The lowest BCUT2D eigenvalue weighted by Gasteiger charge is -2.14. The number of pyridine rings is 2. The van der Waals surface area contributed by atoms with E-state index in [1.54, 1.807) is 54.9 Å². The zero-order valence-electron chi connectivity index (χ0n) is 18.3. The number of hydrogen-bond acceptors (Lipinski definition) is 5. The number of aromatic nitrogens is 2. The summed E-state index contributed by atoms with van der Waals surface area (Å²) < 4.78 is 33.9. The van der Waals surface area contributed by atoms with E-state index in [9.17, 15) is 8.42 Å². The number of sulfonamides is 1. The molecule has 5 rings (SSSR count). The van der Waals surface area contributed by atoms with Gasteiger partial charge in [0.25, 0.3) is 10.0 Å². The monoisotopic (exact) mass is 467 g/mol. The number of ether oxygens (including phenoxy) is 1. The molecule has 0 fully saturated rings. The Kier molecular flexibility index (Phi) is 5.69. The average molecular weight is 468 g/mol. The summed E-state index contributed by atoms with van der Waals surface area (Å²) in [5, 5.41) is 0.982. The van der Waals surface area contributed by atoms with Crippen molar-refractivity contribution in [1.82, 2.24) is 9.97 Å². The Morgan fingerprint density at radius 1 is 0.794 bits per heavy atom. The van der Waals surface area contributed by atoms with Gasteiger partial charge in [-0.05, 0) is 65.2 Å². The van der Waals surface area contributed by atoms with Crippen LogP contribution in [0.15, 0.2) is 108 Å². The summed E-state index contributed by atoms with van der Waals surface area (Å²) in [6, 6.07) is 25.6. The molecule has 0 spiro atoms. The molecule has 1 N–H and O–H groups in total. The van der Waals surface area contributed by atoms with Crippen molar-refractivity contribution in [2.75, 3.05) is 11.8 Å². The second-order valence-electron chi connectivity index (χ2n) is 7.67. The van der Waals surface area contributed by atoms with Crippen LogP contribution < -0.4 is 9.46 Å². The van der Waals surface area contributed by atoms with Crippen LogP contribution >= 0.6 is 0 Å². The zero-order valence-corrected chi connectivity index (χ0v) is 19.2. The molecule has 0 unspecified atom stereocenters. The van der Waals surface area contributed by atoms with Crippen molar-refractivity contribution in [2.24, 2.45) is 0 Å². The molecule has 3 aromatic carbocycles. The van der Waals surface area contributed by atoms with Crippen LogP contribution in [0.1, 0.15) is 0 Å². The first-order valence-electron chi connectivity index (χ1n) is 10.6. The number of nitrogens with one attached hydrogen (secondary N) is 1. The number of nitrogens with zero attached hydrogens (tertiary/aromatic N) is 2. The molecule has 0 radical (unpaired) electrons. The third-order valence-corrected chi connectivity index (χ3v) is 6.93. The molecule has 34 heavy (non-hydrogen) atoms. The summed E-state index contributed by atoms with van der Waals surface area (Å²) in [6.07, 6.45) is 5.35. The van der Waals surface area contributed by atoms with E-state index in [0.29, 0.717) is 11.4 Å². The molecule has 7 heteroatoms. The first-order valence-corrected chi connectivity index (χ1v) is 12.1. The van der Waals surface area contributed by atoms with E-state index in [-0.39, 0.29) is 4.90 Å². The number of hydrogen-bond donors (Lipinski definition) is 1. The fraction of sp³-hybridized carbons (Fsp3) is 0.0370. The second-order valence-corrected chi connectivity index (χ2v) is 9.35. The van der Waals surface area contributed by atoms with E-state index >= 15 is 0 Å². The van der Waals surface area contributed by atoms with Crippen LogP contribution in [-0.4, -0.2) is 25.5 Å². The average Bonchev–Trinajstić information content (AvgIpc) is 2.89. The van der Waals surface area contributed by atoms with Crippen LogP contribution in [0.3, 0.4) is 0 Å². The normalized spacial score (nSPS) is 11.3. The lowest BCUT2D eigenvalue weighted by molar-refractivity contribution is 0.417. The van der Waals surface area contributed by atoms with Crippen LogP contribution in [0.5, 0.6) is 5.75 Å². The molecule has 0 atom stereocenters. The third-order valence-electron chi connectivity index (χ3n) is 5.54. The molecule has 0 aliphatic heterocycles. The highest BCUT2D eigenvalue weighted by atomic mass is 32.2. The van der Waals surface area contributed by atoms with Crippen LogP contribution in [-0.2, 0) is 10.0 Å². The maximum absolute atomic E-state index is 12.9. The number of anilines is 1. The minimum Gasteiger partial charge on any atom is -0.495 e. The van der Waals surface area contributed by atoms with Crippen molar-refractivity contribution < 1.29 is 13.2 Å². The van der Waals surface area contributed by atoms with Gasteiger partial charge in [-0.15, -0.1) is 0 Å². The minimum absolute atomic E-state index is 0.181. The number of methoxy groups -OCH3 is 1. The maximum Gasteiger partial charge on any atom is 0.262 e. The topological polar surface area (TPSA) is 81.2 Å². The SMILES string of the molecule is COc1ccc(-c2ccc3nccc(-c4cccnc4)c3c2)cc1NS(=O)(=O)c1ccccc1. The Morgan fingerprint density at radius 2 is 1.59 bits per heavy atom. The highest BCUT2D eigenvalue weighted by Gasteiger charge is 2.17. The van der Waals surface area contributed by atoms with Crippen LogP contribution in [0, 0.1) is 0 Å². The zero-order chi connectivity index (χ0) is 23.5. The Morgan fingerprint density at radius 3 is 2.35 bits per heavy atom. The van der Waals surface area contributed by atoms with Gasteiger partial charge in [-0.3, -0.25) is 14.7 Å². The van der Waals surface area contributed by atoms with Gasteiger partial charge in [-0.25, -0.2) is 8.42 Å². The van der Waals surface area contributed by atoms with Crippen molar-refractivity contribution in [3.05, 3.63) is 104 Å². The molecule has 5 aromatic rings. The van der Waals surface area contributed by atoms with Crippen LogP contribution in [0.25, 0.3) is 33.2 Å². The predicted octanol–water partition coefficient (Wildman–Crippen LogP) is 5.77. The van der Waals surface area contributed by atoms with Gasteiger partial charge in [0.2, 0.25) is 0 Å². The summed E-state index contributed by atoms with van der Waals surface area (Å²) in [5.41, 5.74) is 5.02. The van der Waals surface area contributed by atoms with Crippen LogP contribution in [0.2, 0.25) is 0 Å². The molecule has 0 bridgehead atoms. The van der Waals surface area contributed by atoms with Crippen molar-refractivity contribution in [1.29, 1.82) is 0 Å². The largest absolute Gasteiger partial charge is 0.495 e. The summed E-state index contributed by atoms with van der Waals surface area (Å²) in [4.78, 5) is 8.92. The Balaban J connectivity index is 1.59. The number of fused-ring (bicyclic) bond motifs is 1. The maximum atomic E-state index is 12.9. The standard InChI is InChI=1S/C27H21N3O3S/c1-33-27-12-10-20(17-26(27)30-34(31,32)22-7-3-2-4-8-22)19-9-11-25-24(16-19)23(13-15-29-25)21-6-5-14-28-18-21/h2-18,30H,1H3. The highest BCUT2D eigenvalue weighted by Crippen LogP contribution is 2.35. The van der Waals surface area contributed by atoms with Crippen molar-refractivity contribution in [3.8, 4) is 28.0 Å². The fourth-order valence-corrected chi connectivity index (χ4v) is 4.95. The van der Waals surface area contributed by atoms with E-state index in [0.717, 1.165) is 33.2 Å². The number of rotatable bonds is 6. The van der Waals surface area contributed by atoms with E-state index in [2.05, 4.69) is 20.8 Å². The van der Waals surface area contributed by atoms with Gasteiger partial charge in [0.05, 0.1) is 23.2 Å². The van der Waals surface area contributed by atoms with E-state index in [1.165, 1.54) is 7.11 Å². The molecule has 6 nitrogen and oxygen atoms in total. The van der Waals surface area contributed by atoms with E-state index in [4.69, 9.17) is 4.74 Å². The molecule has 0 saturated heterocycles. The summed E-state index contributed by atoms with van der Waals surface area (Å²) >= 11 is 0. The molecule has 0 amide bonds. The number of benzene rings is 3. The molecular weight excluding hydrogens is 446 g/mol. The first kappa shape index (κ1) is 21.6. The summed E-state index contributed by atoms with van der Waals surface area (Å²) in [6.45, 7) is 0. The Hall–Kier alpha value is -4.23. The fourth-order valence-electron chi connectivity index (χ4n) is 3.87. The van der Waals surface area contributed by atoms with Gasteiger partial charge in [-0.1, -0.05) is 36.4 Å². The molecule has 0 aliphatic rings. The quantitative estimate of drug-likeness (QED) is 0.343. The van der Waals surface area contributed by atoms with Crippen molar-refractivity contribution >= 4 is 26.6 Å². The van der Waals surface area contributed by atoms with Crippen molar-refractivity contribution in [3.63, 3.8) is 0 Å². The van der Waals surface area contributed by atoms with Gasteiger partial charge in [0.1, 0.15) is 5.75 Å². The molecule has 168 valence electrons. The van der Waals surface area contributed by atoms with Crippen LogP contribution in [0.4, 0.5) is 5.69 Å². The molecule has 0 aliphatic carbocycles. The van der Waals surface area contributed by atoms with E-state index < -0.39 is 10.0 Å². The molecule has 0 saturated carbocycles. The van der Waals surface area contributed by atoms with Gasteiger partial charge in [-0.2, -0.15) is 0 Å². The smallest absolute Gasteiger partial charge is 0.262 e. The lowest BCUT2D eigenvalue weighted by atomic mass is 9.98. The summed E-state index contributed by atoms with van der Waals surface area (Å²) in [7, 11) is -2.26. The molecule has 2 aromatic heterocycles. The van der Waals surface area contributed by atoms with Gasteiger partial charge in [0, 0.05) is 29.5 Å². The van der Waals surface area contributed by atoms with Crippen molar-refractivity contribution in [2.45, 2.75) is 4.90 Å². The Bertz CT molecular complexity index is 1570. The highest BCUT2D eigenvalue weighted by molar-refractivity contribution is 7.92. The van der Waals surface area contributed by atoms with Gasteiger partial charge < -0.3 is 4.74 Å². The predicted molar refractivity (Wildman–Crippen MR) is 134 cm³/mol. The Labute approximate surface area is 198 Å². The summed E-state index contributed by atoms with van der Waals surface area (Å²) in [5.74, 6) is 0.432. The molecule has 2 heterocycles. The first-order chi connectivity index (χ1) is 16.5. The second kappa shape index (κ2) is 8.96. The lowest BCUT2D eigenvalue weighted by Crippen LogP contribution is -2.13. The van der Waals surface area contributed by atoms with Gasteiger partial charge >= 0.3 is 0 Å². The van der Waals surface area contributed by atoms with E-state index in [1.807, 2.05) is 42.6 Å². The minimum atomic E-state index is -3.77. The molecular formula is C27H21N3O3S. The van der Waals surface area contributed by atoms with Gasteiger partial charge in [0.15, 0.2) is 0 Å².